The van der Waals surface area contributed by atoms with Gasteiger partial charge in [0.05, 0.1) is 18.8 Å². The van der Waals surface area contributed by atoms with Gasteiger partial charge in [-0.05, 0) is 18.7 Å². The third kappa shape index (κ3) is 3.06. The van der Waals surface area contributed by atoms with Gasteiger partial charge in [0.25, 0.3) is 0 Å². The number of nitrogens with one attached hydrogen (secondary N) is 1. The SMILES string of the molecule is CCNC(c1ccc(OC)nn1)c1ccccc1F. The Morgan fingerprint density at radius 3 is 2.58 bits per heavy atom. The van der Waals surface area contributed by atoms with Crippen molar-refractivity contribution in [1.29, 1.82) is 0 Å². The summed E-state index contributed by atoms with van der Waals surface area (Å²) < 4.78 is 18.9. The van der Waals surface area contributed by atoms with Crippen LogP contribution in [0.2, 0.25) is 0 Å². The van der Waals surface area contributed by atoms with Crippen molar-refractivity contribution in [2.45, 2.75) is 13.0 Å². The summed E-state index contributed by atoms with van der Waals surface area (Å²) in [7, 11) is 1.53. The number of hydrogen-bond donors (Lipinski definition) is 1. The predicted molar refractivity (Wildman–Crippen MR) is 70.5 cm³/mol. The van der Waals surface area contributed by atoms with Gasteiger partial charge in [-0.25, -0.2) is 4.39 Å². The quantitative estimate of drug-likeness (QED) is 0.897. The zero-order chi connectivity index (χ0) is 13.7. The molecule has 0 spiro atoms. The van der Waals surface area contributed by atoms with Crippen molar-refractivity contribution in [2.24, 2.45) is 0 Å². The fourth-order valence-electron chi connectivity index (χ4n) is 1.88. The molecule has 0 saturated carbocycles. The molecule has 0 aliphatic carbocycles. The molecule has 1 unspecified atom stereocenters. The number of benzene rings is 1. The van der Waals surface area contributed by atoms with Gasteiger partial charge in [0, 0.05) is 11.6 Å². The lowest BCUT2D eigenvalue weighted by Crippen LogP contribution is -2.24. The first-order valence-electron chi connectivity index (χ1n) is 6.11. The molecule has 0 saturated heterocycles. The summed E-state index contributed by atoms with van der Waals surface area (Å²) in [6, 6.07) is 9.84. The van der Waals surface area contributed by atoms with E-state index < -0.39 is 0 Å². The second-order valence-electron chi connectivity index (χ2n) is 4.01. The summed E-state index contributed by atoms with van der Waals surface area (Å²) >= 11 is 0. The van der Waals surface area contributed by atoms with Crippen molar-refractivity contribution >= 4 is 0 Å². The Balaban J connectivity index is 2.36. The van der Waals surface area contributed by atoms with Crippen molar-refractivity contribution in [3.05, 3.63) is 53.5 Å². The smallest absolute Gasteiger partial charge is 0.233 e. The molecule has 2 aromatic rings. The van der Waals surface area contributed by atoms with E-state index in [-0.39, 0.29) is 11.9 Å². The Morgan fingerprint density at radius 2 is 2.00 bits per heavy atom. The van der Waals surface area contributed by atoms with Crippen molar-refractivity contribution in [3.8, 4) is 5.88 Å². The first kappa shape index (κ1) is 13.4. The number of methoxy groups -OCH3 is 1. The highest BCUT2D eigenvalue weighted by Gasteiger charge is 2.18. The number of halogens is 1. The maximum Gasteiger partial charge on any atom is 0.233 e. The molecule has 0 bridgehead atoms. The normalized spacial score (nSPS) is 12.2. The zero-order valence-electron chi connectivity index (χ0n) is 10.9. The van der Waals surface area contributed by atoms with Crippen LogP contribution >= 0.6 is 0 Å². The topological polar surface area (TPSA) is 47.0 Å². The van der Waals surface area contributed by atoms with Crippen molar-refractivity contribution in [2.75, 3.05) is 13.7 Å². The predicted octanol–water partition coefficient (Wildman–Crippen LogP) is 2.32. The van der Waals surface area contributed by atoms with Gasteiger partial charge in [-0.3, -0.25) is 0 Å². The summed E-state index contributed by atoms with van der Waals surface area (Å²) in [5.74, 6) is 0.179. The lowest BCUT2D eigenvalue weighted by molar-refractivity contribution is 0.390. The maximum atomic E-state index is 13.9. The Morgan fingerprint density at radius 1 is 1.21 bits per heavy atom. The molecule has 2 rings (SSSR count). The molecular formula is C14H16FN3O. The van der Waals surface area contributed by atoms with Crippen LogP contribution in [-0.2, 0) is 0 Å². The molecule has 1 N–H and O–H groups in total. The number of nitrogens with zero attached hydrogens (tertiary/aromatic N) is 2. The Bertz CT molecular complexity index is 530. The first-order valence-corrected chi connectivity index (χ1v) is 6.11. The van der Waals surface area contributed by atoms with Gasteiger partial charge in [-0.1, -0.05) is 25.1 Å². The molecule has 0 aliphatic heterocycles. The van der Waals surface area contributed by atoms with E-state index in [0.29, 0.717) is 23.7 Å². The maximum absolute atomic E-state index is 13.9. The van der Waals surface area contributed by atoms with Crippen LogP contribution in [0.5, 0.6) is 5.88 Å². The highest BCUT2D eigenvalue weighted by Crippen LogP contribution is 2.23. The highest BCUT2D eigenvalue weighted by atomic mass is 19.1. The molecule has 1 atom stereocenters. The van der Waals surface area contributed by atoms with E-state index in [2.05, 4.69) is 15.5 Å². The van der Waals surface area contributed by atoms with Gasteiger partial charge in [0.15, 0.2) is 0 Å². The monoisotopic (exact) mass is 261 g/mol. The molecule has 1 aromatic heterocycles. The van der Waals surface area contributed by atoms with Gasteiger partial charge in [0.2, 0.25) is 5.88 Å². The summed E-state index contributed by atoms with van der Waals surface area (Å²) in [6.07, 6.45) is 0. The number of hydrogen-bond acceptors (Lipinski definition) is 4. The van der Waals surface area contributed by atoms with Crippen LogP contribution in [0.4, 0.5) is 4.39 Å². The van der Waals surface area contributed by atoms with Crippen LogP contribution in [0, 0.1) is 5.82 Å². The van der Waals surface area contributed by atoms with Crippen LogP contribution in [-0.4, -0.2) is 23.9 Å². The molecule has 5 heteroatoms. The van der Waals surface area contributed by atoms with Crippen molar-refractivity contribution in [3.63, 3.8) is 0 Å². The second kappa shape index (κ2) is 6.24. The van der Waals surface area contributed by atoms with Gasteiger partial charge in [-0.2, -0.15) is 0 Å². The average molecular weight is 261 g/mol. The number of rotatable bonds is 5. The van der Waals surface area contributed by atoms with Gasteiger partial charge >= 0.3 is 0 Å². The zero-order valence-corrected chi connectivity index (χ0v) is 10.9. The van der Waals surface area contributed by atoms with E-state index in [4.69, 9.17) is 4.74 Å². The molecule has 4 nitrogen and oxygen atoms in total. The number of aromatic nitrogens is 2. The van der Waals surface area contributed by atoms with Crippen LogP contribution in [0.25, 0.3) is 0 Å². The Kier molecular flexibility index (Phi) is 4.41. The number of ether oxygens (including phenoxy) is 1. The fourth-order valence-corrected chi connectivity index (χ4v) is 1.88. The van der Waals surface area contributed by atoms with Crippen molar-refractivity contribution < 1.29 is 9.13 Å². The molecule has 100 valence electrons. The van der Waals surface area contributed by atoms with Crippen LogP contribution in [0.15, 0.2) is 36.4 Å². The van der Waals surface area contributed by atoms with E-state index >= 15 is 0 Å². The van der Waals surface area contributed by atoms with E-state index in [1.807, 2.05) is 6.92 Å². The molecule has 19 heavy (non-hydrogen) atoms. The minimum Gasteiger partial charge on any atom is -0.480 e. The second-order valence-corrected chi connectivity index (χ2v) is 4.01. The summed E-state index contributed by atoms with van der Waals surface area (Å²) in [6.45, 7) is 2.66. The molecule has 0 radical (unpaired) electrons. The highest BCUT2D eigenvalue weighted by molar-refractivity contribution is 5.29. The largest absolute Gasteiger partial charge is 0.480 e. The minimum atomic E-state index is -0.315. The van der Waals surface area contributed by atoms with Crippen molar-refractivity contribution in [1.82, 2.24) is 15.5 Å². The lowest BCUT2D eigenvalue weighted by atomic mass is 10.0. The first-order chi connectivity index (χ1) is 9.26. The van der Waals surface area contributed by atoms with Gasteiger partial charge in [0.1, 0.15) is 5.82 Å². The minimum absolute atomic E-state index is 0.258. The standard InChI is InChI=1S/C14H16FN3O/c1-3-16-14(10-6-4-5-7-11(10)15)12-8-9-13(19-2)18-17-12/h4-9,14,16H,3H2,1-2H3. The van der Waals surface area contributed by atoms with Gasteiger partial charge in [-0.15, -0.1) is 10.2 Å². The Hall–Kier alpha value is -2.01. The molecule has 0 aliphatic rings. The van der Waals surface area contributed by atoms with E-state index in [9.17, 15) is 4.39 Å². The molecule has 1 heterocycles. The summed E-state index contributed by atoms with van der Waals surface area (Å²) in [5, 5.41) is 11.2. The van der Waals surface area contributed by atoms with Crippen LogP contribution in [0.1, 0.15) is 24.2 Å². The van der Waals surface area contributed by atoms with E-state index in [1.54, 1.807) is 30.3 Å². The third-order valence-corrected chi connectivity index (χ3v) is 2.79. The Labute approximate surface area is 111 Å². The molecule has 0 amide bonds. The third-order valence-electron chi connectivity index (χ3n) is 2.79. The average Bonchev–Trinajstić information content (AvgIpc) is 2.46. The fraction of sp³-hybridized carbons (Fsp3) is 0.286. The molecular weight excluding hydrogens is 245 g/mol. The lowest BCUT2D eigenvalue weighted by Gasteiger charge is -2.18. The van der Waals surface area contributed by atoms with E-state index in [1.165, 1.54) is 13.2 Å². The van der Waals surface area contributed by atoms with Crippen LogP contribution in [0.3, 0.4) is 0 Å². The summed E-state index contributed by atoms with van der Waals surface area (Å²) in [5.41, 5.74) is 1.22. The molecule has 1 aromatic carbocycles. The van der Waals surface area contributed by atoms with E-state index in [0.717, 1.165) is 0 Å². The van der Waals surface area contributed by atoms with Gasteiger partial charge < -0.3 is 10.1 Å². The summed E-state index contributed by atoms with van der Waals surface area (Å²) in [4.78, 5) is 0. The molecule has 0 fully saturated rings. The van der Waals surface area contributed by atoms with Crippen LogP contribution < -0.4 is 10.1 Å².